The van der Waals surface area contributed by atoms with Crippen LogP contribution in [0.15, 0.2) is 54.6 Å². The van der Waals surface area contributed by atoms with Gasteiger partial charge in [0.05, 0.1) is 12.5 Å². The number of hydrogen-bond donors (Lipinski definition) is 2. The molecule has 0 aromatic heterocycles. The van der Waals surface area contributed by atoms with Crippen LogP contribution in [0.25, 0.3) is 0 Å². The van der Waals surface area contributed by atoms with Crippen molar-refractivity contribution in [2.24, 2.45) is 0 Å². The van der Waals surface area contributed by atoms with Gasteiger partial charge < -0.3 is 15.5 Å². The van der Waals surface area contributed by atoms with E-state index in [1.54, 1.807) is 29.2 Å². The number of ketones is 1. The van der Waals surface area contributed by atoms with Crippen molar-refractivity contribution in [2.45, 2.75) is 19.4 Å². The van der Waals surface area contributed by atoms with Crippen LogP contribution < -0.4 is 10.6 Å². The van der Waals surface area contributed by atoms with E-state index in [0.717, 1.165) is 5.56 Å². The molecule has 3 amide bonds. The summed E-state index contributed by atoms with van der Waals surface area (Å²) in [6.45, 7) is 2.30. The summed E-state index contributed by atoms with van der Waals surface area (Å²) >= 11 is 0. The van der Waals surface area contributed by atoms with Crippen LogP contribution in [0.5, 0.6) is 0 Å². The molecular formula is C20H21N3O3. The van der Waals surface area contributed by atoms with E-state index in [0.29, 0.717) is 24.3 Å². The molecule has 2 aromatic rings. The molecule has 1 fully saturated rings. The van der Waals surface area contributed by atoms with E-state index in [4.69, 9.17) is 0 Å². The van der Waals surface area contributed by atoms with E-state index in [2.05, 4.69) is 10.6 Å². The molecule has 1 saturated heterocycles. The molecule has 0 unspecified atom stereocenters. The lowest BCUT2D eigenvalue weighted by molar-refractivity contribution is -0.121. The van der Waals surface area contributed by atoms with Crippen molar-refractivity contribution in [3.8, 4) is 0 Å². The van der Waals surface area contributed by atoms with Gasteiger partial charge >= 0.3 is 6.03 Å². The third kappa shape index (κ3) is 4.08. The zero-order chi connectivity index (χ0) is 18.5. The van der Waals surface area contributed by atoms with Crippen LogP contribution in [0.4, 0.5) is 10.5 Å². The van der Waals surface area contributed by atoms with Crippen LogP contribution in [0.1, 0.15) is 35.3 Å². The van der Waals surface area contributed by atoms with E-state index in [1.807, 2.05) is 30.3 Å². The first-order chi connectivity index (χ1) is 12.5. The molecule has 2 N–H and O–H groups in total. The Balaban J connectivity index is 1.84. The zero-order valence-electron chi connectivity index (χ0n) is 14.6. The van der Waals surface area contributed by atoms with Gasteiger partial charge in [-0.3, -0.25) is 9.59 Å². The van der Waals surface area contributed by atoms with Gasteiger partial charge in [0, 0.05) is 24.3 Å². The molecule has 6 heteroatoms. The summed E-state index contributed by atoms with van der Waals surface area (Å²) in [5.41, 5.74) is 2.00. The fourth-order valence-corrected chi connectivity index (χ4v) is 3.06. The molecule has 0 radical (unpaired) electrons. The van der Waals surface area contributed by atoms with Gasteiger partial charge in [0.15, 0.2) is 5.78 Å². The maximum absolute atomic E-state index is 12.9. The van der Waals surface area contributed by atoms with Crippen molar-refractivity contribution in [1.29, 1.82) is 0 Å². The molecule has 2 aromatic carbocycles. The number of nitrogens with one attached hydrogen (secondary N) is 2. The quantitative estimate of drug-likeness (QED) is 0.835. The van der Waals surface area contributed by atoms with E-state index in [-0.39, 0.29) is 30.2 Å². The number of carbonyl (C=O) groups is 3. The molecule has 1 heterocycles. The highest BCUT2D eigenvalue weighted by molar-refractivity contribution is 5.97. The highest BCUT2D eigenvalue weighted by atomic mass is 16.2. The van der Waals surface area contributed by atoms with Crippen LogP contribution in [-0.4, -0.2) is 35.7 Å². The normalized spacial score (nSPS) is 17.2. The lowest BCUT2D eigenvalue weighted by Gasteiger charge is -2.29. The molecule has 134 valence electrons. The van der Waals surface area contributed by atoms with Gasteiger partial charge in [-0.1, -0.05) is 42.5 Å². The summed E-state index contributed by atoms with van der Waals surface area (Å²) in [6.07, 6.45) is 0.213. The number of benzene rings is 2. The number of urea groups is 1. The van der Waals surface area contributed by atoms with Crippen molar-refractivity contribution in [1.82, 2.24) is 10.2 Å². The monoisotopic (exact) mass is 351 g/mol. The van der Waals surface area contributed by atoms with Gasteiger partial charge in [-0.15, -0.1) is 0 Å². The van der Waals surface area contributed by atoms with Crippen LogP contribution in [0.2, 0.25) is 0 Å². The Bertz CT molecular complexity index is 820. The molecule has 3 rings (SSSR count). The van der Waals surface area contributed by atoms with E-state index in [9.17, 15) is 14.4 Å². The average molecular weight is 351 g/mol. The molecule has 0 bridgehead atoms. The highest BCUT2D eigenvalue weighted by Gasteiger charge is 2.29. The Morgan fingerprint density at radius 3 is 2.62 bits per heavy atom. The van der Waals surface area contributed by atoms with Gasteiger partial charge in [0.25, 0.3) is 0 Å². The molecule has 0 aliphatic carbocycles. The topological polar surface area (TPSA) is 78.5 Å². The maximum Gasteiger partial charge on any atom is 0.322 e. The Hall–Kier alpha value is -3.15. The van der Waals surface area contributed by atoms with Crippen molar-refractivity contribution in [3.63, 3.8) is 0 Å². The predicted octanol–water partition coefficient (Wildman–Crippen LogP) is 2.98. The lowest BCUT2D eigenvalue weighted by Crippen LogP contribution is -2.39. The van der Waals surface area contributed by atoms with Crippen LogP contribution in [-0.2, 0) is 4.79 Å². The molecule has 1 aliphatic heterocycles. The Kier molecular flexibility index (Phi) is 5.31. The number of Topliss-reactive ketones (excluding diaryl/α,β-unsaturated/α-hetero) is 1. The maximum atomic E-state index is 12.9. The van der Waals surface area contributed by atoms with Gasteiger partial charge in [0.2, 0.25) is 5.91 Å². The van der Waals surface area contributed by atoms with Gasteiger partial charge in [-0.25, -0.2) is 4.79 Å². The van der Waals surface area contributed by atoms with Gasteiger partial charge in [0.1, 0.15) is 0 Å². The number of amides is 3. The first-order valence-corrected chi connectivity index (χ1v) is 8.55. The largest absolute Gasteiger partial charge is 0.354 e. The van der Waals surface area contributed by atoms with Crippen LogP contribution >= 0.6 is 0 Å². The third-order valence-corrected chi connectivity index (χ3v) is 4.40. The molecule has 26 heavy (non-hydrogen) atoms. The number of carbonyl (C=O) groups excluding carboxylic acids is 3. The average Bonchev–Trinajstić information content (AvgIpc) is 2.84. The van der Waals surface area contributed by atoms with E-state index >= 15 is 0 Å². The molecule has 0 saturated carbocycles. The number of hydrogen-bond acceptors (Lipinski definition) is 3. The molecule has 0 spiro atoms. The minimum Gasteiger partial charge on any atom is -0.354 e. The summed E-state index contributed by atoms with van der Waals surface area (Å²) in [7, 11) is 0. The first kappa shape index (κ1) is 17.7. The zero-order valence-corrected chi connectivity index (χ0v) is 14.6. The Labute approximate surface area is 152 Å². The van der Waals surface area contributed by atoms with Crippen molar-refractivity contribution in [2.75, 3.05) is 18.4 Å². The summed E-state index contributed by atoms with van der Waals surface area (Å²) in [5, 5.41) is 5.66. The summed E-state index contributed by atoms with van der Waals surface area (Å²) < 4.78 is 0. The third-order valence-electron chi connectivity index (χ3n) is 4.40. The van der Waals surface area contributed by atoms with E-state index in [1.165, 1.54) is 6.92 Å². The molecule has 1 aliphatic rings. The molecular weight excluding hydrogens is 330 g/mol. The fraction of sp³-hybridized carbons (Fsp3) is 0.250. The summed E-state index contributed by atoms with van der Waals surface area (Å²) in [4.78, 5) is 38.1. The SMILES string of the molecule is CC(=O)c1cccc(NC(=O)N2CCNC(=O)C[C@@H]2c2ccccc2)c1. The minimum atomic E-state index is -0.338. The predicted molar refractivity (Wildman–Crippen MR) is 99.0 cm³/mol. The van der Waals surface area contributed by atoms with Gasteiger partial charge in [-0.2, -0.15) is 0 Å². The second-order valence-electron chi connectivity index (χ2n) is 6.24. The van der Waals surface area contributed by atoms with Gasteiger partial charge in [-0.05, 0) is 24.6 Å². The van der Waals surface area contributed by atoms with E-state index < -0.39 is 0 Å². The minimum absolute atomic E-state index is 0.0622. The number of nitrogens with zero attached hydrogens (tertiary/aromatic N) is 1. The molecule has 6 nitrogen and oxygen atoms in total. The van der Waals surface area contributed by atoms with Crippen molar-refractivity contribution in [3.05, 3.63) is 65.7 Å². The van der Waals surface area contributed by atoms with Crippen LogP contribution in [0, 0.1) is 0 Å². The Morgan fingerprint density at radius 2 is 1.88 bits per heavy atom. The second kappa shape index (κ2) is 7.82. The number of anilines is 1. The second-order valence-corrected chi connectivity index (χ2v) is 6.24. The van der Waals surface area contributed by atoms with Crippen LogP contribution in [0.3, 0.4) is 0 Å². The van der Waals surface area contributed by atoms with Crippen molar-refractivity contribution >= 4 is 23.4 Å². The first-order valence-electron chi connectivity index (χ1n) is 8.55. The Morgan fingerprint density at radius 1 is 1.12 bits per heavy atom. The number of rotatable bonds is 3. The smallest absolute Gasteiger partial charge is 0.322 e. The highest BCUT2D eigenvalue weighted by Crippen LogP contribution is 2.26. The fourth-order valence-electron chi connectivity index (χ4n) is 3.06. The lowest BCUT2D eigenvalue weighted by atomic mass is 10.0. The molecule has 1 atom stereocenters. The summed E-state index contributed by atoms with van der Waals surface area (Å²) in [5.74, 6) is -0.138. The van der Waals surface area contributed by atoms with Crippen molar-refractivity contribution < 1.29 is 14.4 Å². The standard InChI is InChI=1S/C20H21N3O3/c1-14(24)16-8-5-9-17(12-16)22-20(26)23-11-10-21-19(25)13-18(23)15-6-3-2-4-7-15/h2-9,12,18H,10-11,13H2,1H3,(H,21,25)(H,22,26)/t18-/m1/s1. The summed E-state index contributed by atoms with van der Waals surface area (Å²) in [6, 6.07) is 15.7.